The summed E-state index contributed by atoms with van der Waals surface area (Å²) in [7, 11) is 1.57. The Hall–Kier alpha value is -1.56. The normalized spacial score (nSPS) is 25.8. The van der Waals surface area contributed by atoms with Crippen LogP contribution in [0.2, 0.25) is 0 Å². The van der Waals surface area contributed by atoms with Crippen molar-refractivity contribution >= 4 is 33.4 Å². The monoisotopic (exact) mass is 354 g/mol. The third kappa shape index (κ3) is 2.64. The summed E-state index contributed by atoms with van der Waals surface area (Å²) in [6.45, 7) is 5.35. The second-order valence-electron chi connectivity index (χ2n) is 5.34. The molecule has 0 aliphatic carbocycles. The van der Waals surface area contributed by atoms with Gasteiger partial charge < -0.3 is 10.1 Å². The molecular weight excluding hydrogens is 336 g/mol. The molecule has 1 aliphatic heterocycles. The van der Waals surface area contributed by atoms with Gasteiger partial charge in [0.1, 0.15) is 17.3 Å². The molecule has 1 N–H and O–H groups in total. The quantitative estimate of drug-likeness (QED) is 0.906. The maximum Gasteiger partial charge on any atom is 0.253 e. The zero-order valence-electron chi connectivity index (χ0n) is 12.6. The number of methoxy groups -OCH3 is 1. The van der Waals surface area contributed by atoms with Crippen LogP contribution < -0.4 is 15.0 Å². The number of hydrogen-bond donors (Lipinski definition) is 1. The van der Waals surface area contributed by atoms with Crippen molar-refractivity contribution in [3.05, 3.63) is 22.7 Å². The second-order valence-corrected chi connectivity index (χ2v) is 6.20. The number of carbonyl (C=O) groups is 2. The van der Waals surface area contributed by atoms with Gasteiger partial charge in [-0.05, 0) is 48.3 Å². The Morgan fingerprint density at radius 3 is 2.67 bits per heavy atom. The minimum absolute atomic E-state index is 0.119. The lowest BCUT2D eigenvalue weighted by Gasteiger charge is -2.43. The minimum atomic E-state index is -0.883. The molecule has 6 heteroatoms. The molecule has 1 aromatic rings. The van der Waals surface area contributed by atoms with Crippen molar-refractivity contribution in [3.63, 3.8) is 0 Å². The van der Waals surface area contributed by atoms with E-state index in [0.717, 1.165) is 4.47 Å². The Bertz CT molecular complexity index is 590. The fourth-order valence-corrected chi connectivity index (χ4v) is 2.79. The van der Waals surface area contributed by atoms with Gasteiger partial charge in [-0.3, -0.25) is 14.5 Å². The zero-order chi connectivity index (χ0) is 15.8. The average Bonchev–Trinajstić information content (AvgIpc) is 2.47. The average molecular weight is 355 g/mol. The molecule has 1 aliphatic rings. The highest BCUT2D eigenvalue weighted by Crippen LogP contribution is 2.35. The summed E-state index contributed by atoms with van der Waals surface area (Å²) in [5.74, 6) is 0.358. The number of nitrogens with zero attached hydrogens (tertiary/aromatic N) is 1. The molecule has 2 unspecified atom stereocenters. The van der Waals surface area contributed by atoms with Crippen LogP contribution in [0.3, 0.4) is 0 Å². The van der Waals surface area contributed by atoms with Crippen molar-refractivity contribution in [2.75, 3.05) is 12.0 Å². The summed E-state index contributed by atoms with van der Waals surface area (Å²) in [5, 5.41) is 2.81. The molecule has 2 rings (SSSR count). The van der Waals surface area contributed by atoms with E-state index in [9.17, 15) is 9.59 Å². The van der Waals surface area contributed by atoms with Crippen LogP contribution in [0, 0.1) is 0 Å². The van der Waals surface area contributed by atoms with Crippen LogP contribution in [0.25, 0.3) is 0 Å². The minimum Gasteiger partial charge on any atom is -0.497 e. The van der Waals surface area contributed by atoms with Gasteiger partial charge in [0, 0.05) is 10.5 Å². The van der Waals surface area contributed by atoms with E-state index in [1.807, 2.05) is 13.0 Å². The molecule has 5 nitrogen and oxygen atoms in total. The molecule has 21 heavy (non-hydrogen) atoms. The lowest BCUT2D eigenvalue weighted by Crippen LogP contribution is -2.68. The van der Waals surface area contributed by atoms with Gasteiger partial charge in [-0.2, -0.15) is 0 Å². The Balaban J connectivity index is 2.54. The molecular formula is C15H19BrN2O3. The Morgan fingerprint density at radius 2 is 2.10 bits per heavy atom. The number of ether oxygens (including phenoxy) is 1. The smallest absolute Gasteiger partial charge is 0.253 e. The topological polar surface area (TPSA) is 58.6 Å². The van der Waals surface area contributed by atoms with Gasteiger partial charge in [-0.1, -0.05) is 6.92 Å². The van der Waals surface area contributed by atoms with Crippen molar-refractivity contribution in [1.29, 1.82) is 0 Å². The summed E-state index contributed by atoms with van der Waals surface area (Å²) >= 11 is 3.45. The first kappa shape index (κ1) is 15.8. The third-order valence-corrected chi connectivity index (χ3v) is 4.65. The van der Waals surface area contributed by atoms with Gasteiger partial charge in [0.25, 0.3) is 5.91 Å². The summed E-state index contributed by atoms with van der Waals surface area (Å²) in [4.78, 5) is 26.6. The number of anilines is 1. The lowest BCUT2D eigenvalue weighted by molar-refractivity contribution is -0.137. The molecule has 0 saturated carbocycles. The predicted octanol–water partition coefficient (Wildman–Crippen LogP) is 2.48. The fraction of sp³-hybridized carbons (Fsp3) is 0.467. The molecule has 0 spiro atoms. The van der Waals surface area contributed by atoms with Gasteiger partial charge >= 0.3 is 0 Å². The van der Waals surface area contributed by atoms with Crippen LogP contribution >= 0.6 is 15.9 Å². The maximum atomic E-state index is 12.8. The molecule has 0 bridgehead atoms. The van der Waals surface area contributed by atoms with E-state index in [1.165, 1.54) is 4.90 Å². The van der Waals surface area contributed by atoms with Gasteiger partial charge in [-0.25, -0.2) is 0 Å². The second kappa shape index (κ2) is 5.67. The van der Waals surface area contributed by atoms with E-state index in [0.29, 0.717) is 17.9 Å². The Labute approximate surface area is 132 Å². The van der Waals surface area contributed by atoms with Gasteiger partial charge in [0.2, 0.25) is 5.91 Å². The van der Waals surface area contributed by atoms with Crippen LogP contribution in [0.5, 0.6) is 5.75 Å². The summed E-state index contributed by atoms with van der Waals surface area (Å²) in [5.41, 5.74) is -0.243. The van der Waals surface area contributed by atoms with Gasteiger partial charge in [-0.15, -0.1) is 0 Å². The third-order valence-electron chi connectivity index (χ3n) is 3.98. The molecule has 114 valence electrons. The highest BCUT2D eigenvalue weighted by atomic mass is 79.9. The zero-order valence-corrected chi connectivity index (χ0v) is 14.2. The number of amides is 2. The van der Waals surface area contributed by atoms with Crippen molar-refractivity contribution in [1.82, 2.24) is 5.32 Å². The Kier molecular flexibility index (Phi) is 4.27. The molecule has 1 heterocycles. The number of rotatable bonds is 3. The van der Waals surface area contributed by atoms with Crippen molar-refractivity contribution in [2.45, 2.75) is 38.8 Å². The molecule has 1 saturated heterocycles. The molecule has 0 aromatic heterocycles. The van der Waals surface area contributed by atoms with E-state index in [2.05, 4.69) is 21.2 Å². The van der Waals surface area contributed by atoms with E-state index in [-0.39, 0.29) is 11.8 Å². The molecule has 2 atom stereocenters. The summed E-state index contributed by atoms with van der Waals surface area (Å²) in [6.07, 6.45) is 0.530. The van der Waals surface area contributed by atoms with E-state index < -0.39 is 11.6 Å². The highest BCUT2D eigenvalue weighted by Gasteiger charge is 2.46. The van der Waals surface area contributed by atoms with Gasteiger partial charge in [0.05, 0.1) is 12.8 Å². The number of benzene rings is 1. The van der Waals surface area contributed by atoms with E-state index >= 15 is 0 Å². The van der Waals surface area contributed by atoms with Crippen LogP contribution in [0.1, 0.15) is 27.2 Å². The number of carbonyl (C=O) groups excluding carboxylic acids is 2. The number of hydrogen-bond acceptors (Lipinski definition) is 3. The van der Waals surface area contributed by atoms with Crippen LogP contribution in [0.4, 0.5) is 5.69 Å². The van der Waals surface area contributed by atoms with Gasteiger partial charge in [0.15, 0.2) is 0 Å². The standard InChI is InChI=1S/C15H19BrN2O3/c1-5-15(3)14(20)18(9(2)13(19)17-15)12-8-10(21-4)6-7-11(12)16/h6-9H,5H2,1-4H3,(H,17,19). The van der Waals surface area contributed by atoms with Crippen LogP contribution in [0.15, 0.2) is 22.7 Å². The summed E-state index contributed by atoms with van der Waals surface area (Å²) < 4.78 is 5.96. The van der Waals surface area contributed by atoms with Crippen molar-refractivity contribution < 1.29 is 14.3 Å². The van der Waals surface area contributed by atoms with Crippen LogP contribution in [-0.2, 0) is 9.59 Å². The first-order valence-electron chi connectivity index (χ1n) is 6.83. The first-order chi connectivity index (χ1) is 9.84. The lowest BCUT2D eigenvalue weighted by atomic mass is 9.91. The number of nitrogens with one attached hydrogen (secondary N) is 1. The highest BCUT2D eigenvalue weighted by molar-refractivity contribution is 9.10. The SMILES string of the molecule is CCC1(C)NC(=O)C(C)N(c2cc(OC)ccc2Br)C1=O. The van der Waals surface area contributed by atoms with Crippen molar-refractivity contribution in [3.8, 4) is 5.75 Å². The molecule has 1 fully saturated rings. The van der Waals surface area contributed by atoms with Crippen LogP contribution in [-0.4, -0.2) is 30.5 Å². The number of piperazine rings is 1. The fourth-order valence-electron chi connectivity index (χ4n) is 2.35. The number of halogens is 1. The summed E-state index contributed by atoms with van der Waals surface area (Å²) in [6, 6.07) is 4.80. The largest absolute Gasteiger partial charge is 0.497 e. The first-order valence-corrected chi connectivity index (χ1v) is 7.62. The van der Waals surface area contributed by atoms with E-state index in [1.54, 1.807) is 33.1 Å². The van der Waals surface area contributed by atoms with Crippen molar-refractivity contribution in [2.24, 2.45) is 0 Å². The molecule has 0 radical (unpaired) electrons. The predicted molar refractivity (Wildman–Crippen MR) is 84.5 cm³/mol. The molecule has 2 amide bonds. The molecule has 1 aromatic carbocycles. The maximum absolute atomic E-state index is 12.8. The Morgan fingerprint density at radius 1 is 1.43 bits per heavy atom. The van der Waals surface area contributed by atoms with E-state index in [4.69, 9.17) is 4.74 Å².